The lowest BCUT2D eigenvalue weighted by molar-refractivity contribution is 0.121. The molecular weight excluding hydrogens is 232 g/mol. The van der Waals surface area contributed by atoms with Gasteiger partial charge in [-0.15, -0.1) is 11.6 Å². The van der Waals surface area contributed by atoms with Crippen molar-refractivity contribution in [1.82, 2.24) is 0 Å². The van der Waals surface area contributed by atoms with E-state index in [2.05, 4.69) is 0 Å². The van der Waals surface area contributed by atoms with Crippen LogP contribution in [-0.2, 0) is 13.3 Å². The third-order valence-electron chi connectivity index (χ3n) is 2.26. The molecule has 0 radical (unpaired) electrons. The normalized spacial score (nSPS) is 13.9. The molecule has 0 fully saturated rings. The second-order valence-corrected chi connectivity index (χ2v) is 6.80. The number of benzene rings is 1. The van der Waals surface area contributed by atoms with E-state index in [0.29, 0.717) is 0 Å². The summed E-state index contributed by atoms with van der Waals surface area (Å²) < 4.78 is 15.9. The van der Waals surface area contributed by atoms with Crippen molar-refractivity contribution in [3.8, 4) is 0 Å². The van der Waals surface area contributed by atoms with E-state index in [9.17, 15) is 0 Å². The first-order valence-electron chi connectivity index (χ1n) is 4.54. The summed E-state index contributed by atoms with van der Waals surface area (Å²) in [6, 6.07) is 9.63. The fourth-order valence-corrected chi connectivity index (χ4v) is 4.06. The molecule has 0 amide bonds. The Balaban J connectivity index is 2.95. The Labute approximate surface area is 96.3 Å². The molecule has 0 spiro atoms. The molecule has 0 N–H and O–H groups in total. The number of halogens is 1. The molecule has 0 saturated heterocycles. The first-order valence-corrected chi connectivity index (χ1v) is 6.78. The van der Waals surface area contributed by atoms with Gasteiger partial charge in [0, 0.05) is 21.3 Å². The van der Waals surface area contributed by atoms with Crippen LogP contribution >= 0.6 is 11.6 Å². The number of rotatable bonds is 5. The smallest absolute Gasteiger partial charge is 0.376 e. The molecule has 1 aromatic rings. The van der Waals surface area contributed by atoms with Gasteiger partial charge in [0.2, 0.25) is 0 Å². The predicted octanol–water partition coefficient (Wildman–Crippen LogP) is 2.38. The topological polar surface area (TPSA) is 27.7 Å². The molecule has 3 nitrogen and oxygen atoms in total. The minimum Gasteiger partial charge on any atom is -0.376 e. The maximum absolute atomic E-state index is 6.32. The first-order chi connectivity index (χ1) is 7.20. The van der Waals surface area contributed by atoms with Gasteiger partial charge in [0.25, 0.3) is 0 Å². The average Bonchev–Trinajstić information content (AvgIpc) is 2.33. The van der Waals surface area contributed by atoms with Gasteiger partial charge in [-0.1, -0.05) is 30.3 Å². The van der Waals surface area contributed by atoms with Crippen molar-refractivity contribution >= 4 is 20.4 Å². The second kappa shape index (κ2) is 5.63. The number of hydrogen-bond donors (Lipinski definition) is 0. The lowest BCUT2D eigenvalue weighted by Gasteiger charge is -2.28. The van der Waals surface area contributed by atoms with Crippen LogP contribution in [0, 0.1) is 0 Å². The van der Waals surface area contributed by atoms with E-state index in [4.69, 9.17) is 24.9 Å². The molecule has 0 bridgehead atoms. The fraction of sp³-hybridized carbons (Fsp3) is 0.400. The van der Waals surface area contributed by atoms with Crippen LogP contribution in [0.3, 0.4) is 0 Å². The zero-order valence-electron chi connectivity index (χ0n) is 9.07. The van der Waals surface area contributed by atoms with E-state index < -0.39 is 13.8 Å². The van der Waals surface area contributed by atoms with Crippen LogP contribution in [-0.4, -0.2) is 30.1 Å². The summed E-state index contributed by atoms with van der Waals surface area (Å²) in [5, 5.41) is -0.390. The molecular formula is C10H15ClO3Si. The van der Waals surface area contributed by atoms with E-state index in [1.165, 1.54) is 0 Å². The highest BCUT2D eigenvalue weighted by Crippen LogP contribution is 2.32. The highest BCUT2D eigenvalue weighted by atomic mass is 35.5. The maximum Gasteiger partial charge on any atom is 0.523 e. The van der Waals surface area contributed by atoms with Crippen LogP contribution in [0.2, 0.25) is 0 Å². The van der Waals surface area contributed by atoms with Crippen molar-refractivity contribution in [2.75, 3.05) is 21.3 Å². The van der Waals surface area contributed by atoms with Gasteiger partial charge in [0.1, 0.15) is 5.00 Å². The van der Waals surface area contributed by atoms with Crippen LogP contribution in [0.5, 0.6) is 0 Å². The van der Waals surface area contributed by atoms with Crippen molar-refractivity contribution in [3.63, 3.8) is 0 Å². The minimum atomic E-state index is -2.80. The van der Waals surface area contributed by atoms with Crippen molar-refractivity contribution in [2.45, 2.75) is 5.00 Å². The van der Waals surface area contributed by atoms with Crippen LogP contribution in [0.4, 0.5) is 0 Å². The summed E-state index contributed by atoms with van der Waals surface area (Å²) in [5.74, 6) is 0. The summed E-state index contributed by atoms with van der Waals surface area (Å²) in [6.45, 7) is 0. The Hall–Kier alpha value is -0.393. The highest BCUT2D eigenvalue weighted by Gasteiger charge is 2.47. The van der Waals surface area contributed by atoms with Crippen molar-refractivity contribution in [1.29, 1.82) is 0 Å². The molecule has 0 aliphatic heterocycles. The number of alkyl halides is 1. The Morgan fingerprint density at radius 1 is 1.00 bits per heavy atom. The minimum absolute atomic E-state index is 0.390. The molecule has 5 heteroatoms. The largest absolute Gasteiger partial charge is 0.523 e. The van der Waals surface area contributed by atoms with E-state index in [1.807, 2.05) is 30.3 Å². The lowest BCUT2D eigenvalue weighted by Crippen LogP contribution is -2.47. The van der Waals surface area contributed by atoms with Crippen LogP contribution < -0.4 is 0 Å². The first kappa shape index (κ1) is 12.7. The summed E-state index contributed by atoms with van der Waals surface area (Å²) >= 11 is 6.32. The lowest BCUT2D eigenvalue weighted by atomic mass is 10.2. The van der Waals surface area contributed by atoms with Gasteiger partial charge in [-0.2, -0.15) is 0 Å². The molecule has 0 aliphatic rings. The molecule has 0 aromatic heterocycles. The Morgan fingerprint density at radius 3 is 1.87 bits per heavy atom. The van der Waals surface area contributed by atoms with E-state index in [1.54, 1.807) is 21.3 Å². The third-order valence-corrected chi connectivity index (χ3v) is 5.97. The molecule has 0 saturated carbocycles. The fourth-order valence-electron chi connectivity index (χ4n) is 1.39. The van der Waals surface area contributed by atoms with E-state index in [0.717, 1.165) is 5.56 Å². The Kier molecular flexibility index (Phi) is 4.75. The molecule has 84 valence electrons. The van der Waals surface area contributed by atoms with Crippen LogP contribution in [0.25, 0.3) is 0 Å². The summed E-state index contributed by atoms with van der Waals surface area (Å²) in [7, 11) is 1.86. The molecule has 1 rings (SSSR count). The van der Waals surface area contributed by atoms with Gasteiger partial charge in [-0.05, 0) is 5.56 Å². The molecule has 0 aliphatic carbocycles. The number of hydrogen-bond acceptors (Lipinski definition) is 3. The van der Waals surface area contributed by atoms with Gasteiger partial charge in [0.05, 0.1) is 0 Å². The maximum atomic E-state index is 6.32. The second-order valence-electron chi connectivity index (χ2n) is 2.99. The molecule has 0 heterocycles. The molecule has 1 unspecified atom stereocenters. The quantitative estimate of drug-likeness (QED) is 0.590. The van der Waals surface area contributed by atoms with Crippen molar-refractivity contribution < 1.29 is 13.3 Å². The molecule has 1 aromatic carbocycles. The van der Waals surface area contributed by atoms with Crippen molar-refractivity contribution in [3.05, 3.63) is 35.9 Å². The highest BCUT2D eigenvalue weighted by molar-refractivity contribution is 6.70. The zero-order chi connectivity index (χ0) is 11.3. The zero-order valence-corrected chi connectivity index (χ0v) is 10.8. The van der Waals surface area contributed by atoms with Crippen LogP contribution in [0.1, 0.15) is 10.6 Å². The average molecular weight is 247 g/mol. The summed E-state index contributed by atoms with van der Waals surface area (Å²) in [4.78, 5) is 0. The monoisotopic (exact) mass is 246 g/mol. The third kappa shape index (κ3) is 2.59. The molecule has 15 heavy (non-hydrogen) atoms. The van der Waals surface area contributed by atoms with Gasteiger partial charge >= 0.3 is 8.80 Å². The van der Waals surface area contributed by atoms with Gasteiger partial charge in [0.15, 0.2) is 0 Å². The van der Waals surface area contributed by atoms with E-state index in [-0.39, 0.29) is 0 Å². The standard InChI is InChI=1S/C10H15ClO3Si/c1-12-15(13-2,14-3)10(11)9-7-5-4-6-8-9/h4-8,10H,1-3H3. The van der Waals surface area contributed by atoms with Gasteiger partial charge in [-0.25, -0.2) is 0 Å². The predicted molar refractivity (Wildman–Crippen MR) is 61.8 cm³/mol. The summed E-state index contributed by atoms with van der Waals surface area (Å²) in [6.07, 6.45) is 0. The van der Waals surface area contributed by atoms with E-state index >= 15 is 0 Å². The van der Waals surface area contributed by atoms with Gasteiger partial charge in [-0.3, -0.25) is 0 Å². The summed E-state index contributed by atoms with van der Waals surface area (Å²) in [5.41, 5.74) is 0.941. The van der Waals surface area contributed by atoms with Crippen molar-refractivity contribution in [2.24, 2.45) is 0 Å². The SMILES string of the molecule is CO[Si](OC)(OC)C(Cl)c1ccccc1. The van der Waals surface area contributed by atoms with Gasteiger partial charge < -0.3 is 13.3 Å². The molecule has 1 atom stereocenters. The van der Waals surface area contributed by atoms with Crippen LogP contribution in [0.15, 0.2) is 30.3 Å². The Morgan fingerprint density at radius 2 is 1.47 bits per heavy atom. The Bertz CT molecular complexity index is 282.